The molecule has 0 bridgehead atoms. The molecule has 15 heavy (non-hydrogen) atoms. The molecule has 0 unspecified atom stereocenters. The zero-order valence-electron chi connectivity index (χ0n) is 8.82. The standard InChI is InChI=1S/C9H15NO4S/c1-7(12)10-8(9(13)14-2)6-15-5-3-4-11/h4,8H,3,5-6H2,1-2H3,(H,10,12)/t8-/m0/s1. The average molecular weight is 233 g/mol. The molecular formula is C9H15NO4S. The molecule has 0 heterocycles. The highest BCUT2D eigenvalue weighted by Gasteiger charge is 2.19. The highest BCUT2D eigenvalue weighted by Crippen LogP contribution is 2.05. The van der Waals surface area contributed by atoms with Crippen LogP contribution in [0.25, 0.3) is 0 Å². The number of rotatable bonds is 7. The van der Waals surface area contributed by atoms with Gasteiger partial charge in [-0.2, -0.15) is 11.8 Å². The van der Waals surface area contributed by atoms with E-state index in [2.05, 4.69) is 10.1 Å². The Morgan fingerprint density at radius 2 is 2.20 bits per heavy atom. The molecule has 5 nitrogen and oxygen atoms in total. The van der Waals surface area contributed by atoms with Crippen molar-refractivity contribution in [2.24, 2.45) is 0 Å². The van der Waals surface area contributed by atoms with Gasteiger partial charge in [0.2, 0.25) is 5.91 Å². The van der Waals surface area contributed by atoms with Crippen molar-refractivity contribution in [3.05, 3.63) is 0 Å². The highest BCUT2D eigenvalue weighted by molar-refractivity contribution is 7.99. The summed E-state index contributed by atoms with van der Waals surface area (Å²) in [6.07, 6.45) is 1.26. The van der Waals surface area contributed by atoms with E-state index in [0.29, 0.717) is 17.9 Å². The van der Waals surface area contributed by atoms with Crippen LogP contribution < -0.4 is 5.32 Å². The lowest BCUT2D eigenvalue weighted by Crippen LogP contribution is -2.42. The number of ether oxygens (including phenoxy) is 1. The Morgan fingerprint density at radius 3 is 2.67 bits per heavy atom. The van der Waals surface area contributed by atoms with Gasteiger partial charge in [-0.3, -0.25) is 4.79 Å². The van der Waals surface area contributed by atoms with Crippen LogP contribution in [0.4, 0.5) is 0 Å². The van der Waals surface area contributed by atoms with Crippen LogP contribution in [0.1, 0.15) is 13.3 Å². The Balaban J connectivity index is 3.95. The van der Waals surface area contributed by atoms with Gasteiger partial charge in [-0.15, -0.1) is 0 Å². The van der Waals surface area contributed by atoms with E-state index < -0.39 is 12.0 Å². The van der Waals surface area contributed by atoms with Crippen LogP contribution in [-0.2, 0) is 19.1 Å². The quantitative estimate of drug-likeness (QED) is 0.380. The number of hydrogen-bond donors (Lipinski definition) is 1. The number of aldehydes is 1. The fraction of sp³-hybridized carbons (Fsp3) is 0.667. The lowest BCUT2D eigenvalue weighted by Gasteiger charge is -2.14. The summed E-state index contributed by atoms with van der Waals surface area (Å²) in [5.74, 6) is 0.307. The second-order valence-corrected chi connectivity index (χ2v) is 3.96. The van der Waals surface area contributed by atoms with Crippen molar-refractivity contribution in [1.82, 2.24) is 5.32 Å². The molecule has 0 aliphatic heterocycles. The molecule has 0 aromatic carbocycles. The predicted molar refractivity (Wildman–Crippen MR) is 57.6 cm³/mol. The first-order valence-corrected chi connectivity index (χ1v) is 5.63. The predicted octanol–water partition coefficient (Wildman–Crippen LogP) is -0.0137. The van der Waals surface area contributed by atoms with Crippen molar-refractivity contribution < 1.29 is 19.1 Å². The zero-order chi connectivity index (χ0) is 11.7. The van der Waals surface area contributed by atoms with Crippen LogP contribution in [0.2, 0.25) is 0 Å². The van der Waals surface area contributed by atoms with Crippen molar-refractivity contribution in [1.29, 1.82) is 0 Å². The van der Waals surface area contributed by atoms with Gasteiger partial charge in [0.15, 0.2) is 0 Å². The van der Waals surface area contributed by atoms with Crippen LogP contribution in [0.3, 0.4) is 0 Å². The maximum absolute atomic E-state index is 11.2. The van der Waals surface area contributed by atoms with E-state index in [1.165, 1.54) is 25.8 Å². The van der Waals surface area contributed by atoms with E-state index >= 15 is 0 Å². The highest BCUT2D eigenvalue weighted by atomic mass is 32.2. The van der Waals surface area contributed by atoms with Gasteiger partial charge in [-0.25, -0.2) is 4.79 Å². The number of esters is 1. The van der Waals surface area contributed by atoms with Crippen LogP contribution in [0.5, 0.6) is 0 Å². The average Bonchev–Trinajstić information content (AvgIpc) is 2.21. The van der Waals surface area contributed by atoms with E-state index in [9.17, 15) is 14.4 Å². The molecule has 0 aliphatic rings. The van der Waals surface area contributed by atoms with Gasteiger partial charge in [0.25, 0.3) is 0 Å². The molecule has 6 heteroatoms. The Labute approximate surface area is 92.9 Å². The van der Waals surface area contributed by atoms with E-state index in [-0.39, 0.29) is 5.91 Å². The number of amides is 1. The summed E-state index contributed by atoms with van der Waals surface area (Å²) in [6, 6.07) is -0.635. The number of hydrogen-bond acceptors (Lipinski definition) is 5. The third-order valence-corrected chi connectivity index (χ3v) is 2.62. The first-order valence-electron chi connectivity index (χ1n) is 4.48. The van der Waals surface area contributed by atoms with Gasteiger partial charge < -0.3 is 14.8 Å². The molecule has 0 spiro atoms. The van der Waals surface area contributed by atoms with Crippen LogP contribution in [-0.4, -0.2) is 42.8 Å². The molecule has 0 aliphatic carbocycles. The largest absolute Gasteiger partial charge is 0.467 e. The summed E-state index contributed by atoms with van der Waals surface area (Å²) in [5, 5.41) is 2.48. The summed E-state index contributed by atoms with van der Waals surface area (Å²) < 4.78 is 4.53. The van der Waals surface area contributed by atoms with Gasteiger partial charge in [0.05, 0.1) is 7.11 Å². The number of thioether (sulfide) groups is 1. The summed E-state index contributed by atoms with van der Waals surface area (Å²) in [6.45, 7) is 1.34. The number of methoxy groups -OCH3 is 1. The molecule has 0 saturated carbocycles. The second kappa shape index (κ2) is 8.28. The van der Waals surface area contributed by atoms with Crippen molar-refractivity contribution in [3.8, 4) is 0 Å². The number of nitrogens with one attached hydrogen (secondary N) is 1. The molecule has 0 saturated heterocycles. The van der Waals surface area contributed by atoms with Gasteiger partial charge in [-0.05, 0) is 5.75 Å². The van der Waals surface area contributed by atoms with E-state index in [4.69, 9.17) is 0 Å². The molecule has 1 N–H and O–H groups in total. The van der Waals surface area contributed by atoms with E-state index in [0.717, 1.165) is 6.29 Å². The molecule has 0 radical (unpaired) electrons. The monoisotopic (exact) mass is 233 g/mol. The summed E-state index contributed by atoms with van der Waals surface area (Å²) in [4.78, 5) is 32.0. The molecule has 0 rings (SSSR count). The zero-order valence-corrected chi connectivity index (χ0v) is 9.63. The van der Waals surface area contributed by atoms with Crippen LogP contribution in [0.15, 0.2) is 0 Å². The first-order chi connectivity index (χ1) is 7.11. The Bertz CT molecular complexity index is 232. The topological polar surface area (TPSA) is 72.5 Å². The first kappa shape index (κ1) is 14.0. The lowest BCUT2D eigenvalue weighted by atomic mass is 10.3. The SMILES string of the molecule is COC(=O)[C@H](CSCCC=O)NC(C)=O. The Morgan fingerprint density at radius 1 is 1.53 bits per heavy atom. The van der Waals surface area contributed by atoms with Crippen LogP contribution in [0, 0.1) is 0 Å². The normalized spacial score (nSPS) is 11.6. The van der Waals surface area contributed by atoms with Gasteiger partial charge in [0.1, 0.15) is 12.3 Å². The van der Waals surface area contributed by atoms with Gasteiger partial charge >= 0.3 is 5.97 Å². The molecule has 1 atom stereocenters. The third kappa shape index (κ3) is 6.96. The van der Waals surface area contributed by atoms with Crippen molar-refractivity contribution in [3.63, 3.8) is 0 Å². The van der Waals surface area contributed by atoms with E-state index in [1.807, 2.05) is 0 Å². The molecule has 0 aromatic heterocycles. The summed E-state index contributed by atoms with van der Waals surface area (Å²) >= 11 is 1.42. The molecule has 1 amide bonds. The minimum Gasteiger partial charge on any atom is -0.467 e. The van der Waals surface area contributed by atoms with Crippen LogP contribution >= 0.6 is 11.8 Å². The lowest BCUT2D eigenvalue weighted by molar-refractivity contribution is -0.144. The fourth-order valence-electron chi connectivity index (χ4n) is 0.889. The molecular weight excluding hydrogens is 218 g/mol. The van der Waals surface area contributed by atoms with Gasteiger partial charge in [0, 0.05) is 19.1 Å². The minimum atomic E-state index is -0.635. The molecule has 86 valence electrons. The summed E-state index contributed by atoms with van der Waals surface area (Å²) in [5.41, 5.74) is 0. The number of carbonyl (C=O) groups excluding carboxylic acids is 3. The number of carbonyl (C=O) groups is 3. The Hall–Kier alpha value is -1.04. The second-order valence-electron chi connectivity index (χ2n) is 2.81. The van der Waals surface area contributed by atoms with Gasteiger partial charge in [-0.1, -0.05) is 0 Å². The van der Waals surface area contributed by atoms with Crippen molar-refractivity contribution in [2.75, 3.05) is 18.6 Å². The summed E-state index contributed by atoms with van der Waals surface area (Å²) in [7, 11) is 1.27. The third-order valence-electron chi connectivity index (χ3n) is 1.53. The minimum absolute atomic E-state index is 0.276. The smallest absolute Gasteiger partial charge is 0.329 e. The maximum Gasteiger partial charge on any atom is 0.329 e. The van der Waals surface area contributed by atoms with Crippen molar-refractivity contribution in [2.45, 2.75) is 19.4 Å². The molecule has 0 fully saturated rings. The van der Waals surface area contributed by atoms with Crippen molar-refractivity contribution >= 4 is 29.9 Å². The molecule has 0 aromatic rings. The maximum atomic E-state index is 11.2. The van der Waals surface area contributed by atoms with E-state index in [1.54, 1.807) is 0 Å². The fourth-order valence-corrected chi connectivity index (χ4v) is 1.77. The Kier molecular flexibility index (Phi) is 7.71.